The summed E-state index contributed by atoms with van der Waals surface area (Å²) in [5, 5.41) is 0. The molecule has 0 heteroatoms. The fourth-order valence-electron chi connectivity index (χ4n) is 5.34. The van der Waals surface area contributed by atoms with E-state index in [1.54, 1.807) is 0 Å². The van der Waals surface area contributed by atoms with E-state index >= 15 is 0 Å². The Kier molecular flexibility index (Phi) is 4.90. The second kappa shape index (κ2) is 7.45. The maximum Gasteiger partial charge on any atom is 0.0159 e. The van der Waals surface area contributed by atoms with Gasteiger partial charge < -0.3 is 0 Å². The van der Waals surface area contributed by atoms with Gasteiger partial charge in [0.2, 0.25) is 0 Å². The molecule has 1 aliphatic carbocycles. The first kappa shape index (κ1) is 21.7. The van der Waals surface area contributed by atoms with E-state index in [-0.39, 0.29) is 10.8 Å². The van der Waals surface area contributed by atoms with E-state index < -0.39 is 0 Å². The largest absolute Gasteiger partial charge is 0.0587 e. The van der Waals surface area contributed by atoms with Crippen molar-refractivity contribution in [1.29, 1.82) is 0 Å². The van der Waals surface area contributed by atoms with Crippen LogP contribution in [-0.2, 0) is 10.8 Å². The third-order valence-corrected chi connectivity index (χ3v) is 7.35. The third kappa shape index (κ3) is 3.62. The molecule has 0 unspecified atom stereocenters. The Bertz CT molecular complexity index is 1340. The second-order valence-electron chi connectivity index (χ2n) is 11.3. The van der Waals surface area contributed by atoms with Crippen LogP contribution in [-0.4, -0.2) is 0 Å². The van der Waals surface area contributed by atoms with Crippen LogP contribution in [0.4, 0.5) is 0 Å². The van der Waals surface area contributed by atoms with Gasteiger partial charge in [0.1, 0.15) is 0 Å². The molecule has 0 spiro atoms. The molecule has 4 aromatic carbocycles. The average molecular weight is 431 g/mol. The number of hydrogen-bond donors (Lipinski definition) is 0. The molecule has 1 aliphatic rings. The number of benzene rings is 4. The Morgan fingerprint density at radius 3 is 1.70 bits per heavy atom. The van der Waals surface area contributed by atoms with Gasteiger partial charge in [-0.2, -0.15) is 0 Å². The minimum absolute atomic E-state index is 0.0200. The van der Waals surface area contributed by atoms with Gasteiger partial charge >= 0.3 is 0 Å². The normalized spacial score (nSPS) is 14.2. The Balaban J connectivity index is 1.59. The number of hydrogen-bond acceptors (Lipinski definition) is 0. The van der Waals surface area contributed by atoms with Crippen LogP contribution in [0.1, 0.15) is 62.4 Å². The summed E-state index contributed by atoms with van der Waals surface area (Å²) in [6.07, 6.45) is 0. The predicted molar refractivity (Wildman–Crippen MR) is 143 cm³/mol. The van der Waals surface area contributed by atoms with Crippen molar-refractivity contribution in [2.45, 2.75) is 59.3 Å². The second-order valence-corrected chi connectivity index (χ2v) is 11.3. The van der Waals surface area contributed by atoms with Crippen LogP contribution < -0.4 is 0 Å². The third-order valence-electron chi connectivity index (χ3n) is 7.35. The molecule has 0 radical (unpaired) electrons. The van der Waals surface area contributed by atoms with Crippen LogP contribution in [0.25, 0.3) is 33.4 Å². The summed E-state index contributed by atoms with van der Waals surface area (Å²) in [6, 6.07) is 29.8. The van der Waals surface area contributed by atoms with Crippen LogP contribution in [0.2, 0.25) is 0 Å². The van der Waals surface area contributed by atoms with Gasteiger partial charge in [0, 0.05) is 5.41 Å². The first-order valence-electron chi connectivity index (χ1n) is 12.0. The van der Waals surface area contributed by atoms with Crippen molar-refractivity contribution < 1.29 is 0 Å². The van der Waals surface area contributed by atoms with E-state index in [1.165, 1.54) is 61.2 Å². The lowest BCUT2D eigenvalue weighted by molar-refractivity contribution is 0.590. The van der Waals surface area contributed by atoms with Crippen molar-refractivity contribution in [2.75, 3.05) is 0 Å². The molecule has 166 valence electrons. The van der Waals surface area contributed by atoms with Gasteiger partial charge in [0.15, 0.2) is 0 Å². The van der Waals surface area contributed by atoms with Crippen LogP contribution in [0.15, 0.2) is 78.9 Å². The maximum absolute atomic E-state index is 2.39. The summed E-state index contributed by atoms with van der Waals surface area (Å²) in [7, 11) is 0. The number of fused-ring (bicyclic) bond motifs is 3. The highest BCUT2D eigenvalue weighted by Gasteiger charge is 2.37. The van der Waals surface area contributed by atoms with Gasteiger partial charge in [-0.3, -0.25) is 0 Å². The molecule has 0 saturated heterocycles. The van der Waals surface area contributed by atoms with Crippen LogP contribution in [0.3, 0.4) is 0 Å². The monoisotopic (exact) mass is 430 g/mol. The zero-order valence-corrected chi connectivity index (χ0v) is 21.0. The summed E-state index contributed by atoms with van der Waals surface area (Å²) >= 11 is 0. The minimum Gasteiger partial charge on any atom is -0.0587 e. The summed E-state index contributed by atoms with van der Waals surface area (Å²) < 4.78 is 0. The lowest BCUT2D eigenvalue weighted by atomic mass is 9.81. The lowest BCUT2D eigenvalue weighted by Crippen LogP contribution is -2.15. The summed E-state index contributed by atoms with van der Waals surface area (Å²) in [6.45, 7) is 15.9. The molecule has 4 aromatic rings. The molecule has 0 nitrogen and oxygen atoms in total. The molecule has 0 aliphatic heterocycles. The van der Waals surface area contributed by atoms with E-state index in [0.717, 1.165) is 0 Å². The number of rotatable bonds is 2. The SMILES string of the molecule is Cc1ccc2c(c1)C(C)(C)c1cc(C)cc(-c3ccc(-c4ccc(C(C)(C)C)cc4)cc3)c1-2. The van der Waals surface area contributed by atoms with Crippen molar-refractivity contribution >= 4 is 0 Å². The van der Waals surface area contributed by atoms with E-state index in [0.29, 0.717) is 0 Å². The van der Waals surface area contributed by atoms with Gasteiger partial charge in [-0.05, 0) is 69.3 Å². The highest BCUT2D eigenvalue weighted by Crippen LogP contribution is 2.52. The summed E-state index contributed by atoms with van der Waals surface area (Å²) in [5.41, 5.74) is 15.1. The first-order valence-corrected chi connectivity index (χ1v) is 12.0. The highest BCUT2D eigenvalue weighted by atomic mass is 14.4. The molecular formula is C33H34. The van der Waals surface area contributed by atoms with Crippen LogP contribution >= 0.6 is 0 Å². The Labute approximate surface area is 199 Å². The highest BCUT2D eigenvalue weighted by molar-refractivity contribution is 5.93. The quantitative estimate of drug-likeness (QED) is 0.297. The predicted octanol–water partition coefficient (Wildman–Crippen LogP) is 9.24. The van der Waals surface area contributed by atoms with Crippen molar-refractivity contribution in [1.82, 2.24) is 0 Å². The van der Waals surface area contributed by atoms with Gasteiger partial charge in [0.05, 0.1) is 0 Å². The molecule has 5 rings (SSSR count). The van der Waals surface area contributed by atoms with Gasteiger partial charge in [-0.1, -0.05) is 125 Å². The van der Waals surface area contributed by atoms with Crippen LogP contribution in [0, 0.1) is 13.8 Å². The Hall–Kier alpha value is -3.12. The summed E-state index contributed by atoms with van der Waals surface area (Å²) in [4.78, 5) is 0. The van der Waals surface area contributed by atoms with Gasteiger partial charge in [0.25, 0.3) is 0 Å². The molecule has 33 heavy (non-hydrogen) atoms. The smallest absolute Gasteiger partial charge is 0.0159 e. The molecule has 0 N–H and O–H groups in total. The fraction of sp³-hybridized carbons (Fsp3) is 0.273. The van der Waals surface area contributed by atoms with Crippen molar-refractivity contribution in [3.8, 4) is 33.4 Å². The van der Waals surface area contributed by atoms with E-state index in [2.05, 4.69) is 127 Å². The zero-order valence-electron chi connectivity index (χ0n) is 21.0. The molecule has 0 atom stereocenters. The van der Waals surface area contributed by atoms with Crippen LogP contribution in [0.5, 0.6) is 0 Å². The Morgan fingerprint density at radius 2 is 1.09 bits per heavy atom. The zero-order chi connectivity index (χ0) is 23.5. The molecule has 0 amide bonds. The maximum atomic E-state index is 2.39. The fourth-order valence-corrected chi connectivity index (χ4v) is 5.34. The average Bonchev–Trinajstić information content (AvgIpc) is 2.99. The van der Waals surface area contributed by atoms with Crippen molar-refractivity contribution in [3.05, 3.63) is 107 Å². The van der Waals surface area contributed by atoms with E-state index in [9.17, 15) is 0 Å². The molecule has 0 aromatic heterocycles. The van der Waals surface area contributed by atoms with E-state index in [1.807, 2.05) is 0 Å². The molecular weight excluding hydrogens is 396 g/mol. The molecule has 0 heterocycles. The van der Waals surface area contributed by atoms with Gasteiger partial charge in [-0.25, -0.2) is 0 Å². The van der Waals surface area contributed by atoms with Crippen molar-refractivity contribution in [3.63, 3.8) is 0 Å². The molecule has 0 bridgehead atoms. The lowest BCUT2D eigenvalue weighted by Gasteiger charge is -2.22. The van der Waals surface area contributed by atoms with Gasteiger partial charge in [-0.15, -0.1) is 0 Å². The molecule has 0 fully saturated rings. The van der Waals surface area contributed by atoms with Crippen molar-refractivity contribution in [2.24, 2.45) is 0 Å². The topological polar surface area (TPSA) is 0 Å². The minimum atomic E-state index is 0.0200. The Morgan fingerprint density at radius 1 is 0.545 bits per heavy atom. The number of aryl methyl sites for hydroxylation is 2. The molecule has 0 saturated carbocycles. The van der Waals surface area contributed by atoms with E-state index in [4.69, 9.17) is 0 Å². The summed E-state index contributed by atoms with van der Waals surface area (Å²) in [5.74, 6) is 0. The first-order chi connectivity index (χ1) is 15.6. The standard InChI is InChI=1S/C33H34/c1-21-8-17-27-29(19-21)33(6,7)30-20-22(2)18-28(31(27)30)25-11-9-23(10-12-25)24-13-15-26(16-14-24)32(3,4)5/h8-20H,1-7H3.